The number of methoxy groups -OCH3 is 1. The van der Waals surface area contributed by atoms with E-state index in [1.807, 2.05) is 15.6 Å². The van der Waals surface area contributed by atoms with Gasteiger partial charge in [0.1, 0.15) is 6.61 Å². The van der Waals surface area contributed by atoms with E-state index in [0.29, 0.717) is 45.8 Å². The number of rotatable bonds is 4. The van der Waals surface area contributed by atoms with Crippen molar-refractivity contribution in [3.05, 3.63) is 18.0 Å². The molecule has 0 bridgehead atoms. The normalized spacial score (nSPS) is 21.2. The average molecular weight is 322 g/mol. The van der Waals surface area contributed by atoms with Crippen LogP contribution in [0.15, 0.2) is 12.3 Å². The molecular formula is C15H22N4O4. The summed E-state index contributed by atoms with van der Waals surface area (Å²) < 4.78 is 12.1. The SMILES string of the molecule is COCC(=O)N1Cc2ccnn2C(CC(=O)N2CCOCC2)C1. The number of fused-ring (bicyclic) bond motifs is 1. The lowest BCUT2D eigenvalue weighted by molar-refractivity contribution is -0.140. The largest absolute Gasteiger partial charge is 0.378 e. The molecule has 2 aliphatic heterocycles. The maximum Gasteiger partial charge on any atom is 0.248 e. The highest BCUT2D eigenvalue weighted by Gasteiger charge is 2.31. The highest BCUT2D eigenvalue weighted by molar-refractivity contribution is 5.78. The Kier molecular flexibility index (Phi) is 4.92. The molecule has 2 aliphatic rings. The lowest BCUT2D eigenvalue weighted by Crippen LogP contribution is -2.46. The summed E-state index contributed by atoms with van der Waals surface area (Å²) in [7, 11) is 1.51. The molecule has 0 saturated carbocycles. The van der Waals surface area contributed by atoms with Gasteiger partial charge >= 0.3 is 0 Å². The van der Waals surface area contributed by atoms with Gasteiger partial charge in [-0.15, -0.1) is 0 Å². The summed E-state index contributed by atoms with van der Waals surface area (Å²) in [4.78, 5) is 28.2. The average Bonchev–Trinajstić information content (AvgIpc) is 3.04. The first kappa shape index (κ1) is 15.9. The molecule has 0 aromatic carbocycles. The van der Waals surface area contributed by atoms with Crippen molar-refractivity contribution in [1.29, 1.82) is 0 Å². The fourth-order valence-corrected chi connectivity index (χ4v) is 3.09. The van der Waals surface area contributed by atoms with E-state index in [9.17, 15) is 9.59 Å². The minimum Gasteiger partial charge on any atom is -0.378 e. The predicted octanol–water partition coefficient (Wildman–Crippen LogP) is -0.338. The van der Waals surface area contributed by atoms with E-state index in [1.165, 1.54) is 7.11 Å². The molecule has 0 spiro atoms. The van der Waals surface area contributed by atoms with Gasteiger partial charge in [0.25, 0.3) is 0 Å². The Balaban J connectivity index is 1.70. The highest BCUT2D eigenvalue weighted by Crippen LogP contribution is 2.24. The minimum atomic E-state index is -0.134. The van der Waals surface area contributed by atoms with E-state index in [2.05, 4.69) is 5.10 Å². The third-order valence-corrected chi connectivity index (χ3v) is 4.28. The Morgan fingerprint density at radius 1 is 1.30 bits per heavy atom. The molecule has 2 amide bonds. The molecule has 1 atom stereocenters. The van der Waals surface area contributed by atoms with Crippen molar-refractivity contribution in [2.75, 3.05) is 46.6 Å². The van der Waals surface area contributed by atoms with Crippen molar-refractivity contribution in [2.45, 2.75) is 19.0 Å². The Bertz CT molecular complexity index is 568. The molecule has 3 rings (SSSR count). The summed E-state index contributed by atoms with van der Waals surface area (Å²) in [5.74, 6) is 0.0181. The summed E-state index contributed by atoms with van der Waals surface area (Å²) in [6.45, 7) is 3.47. The highest BCUT2D eigenvalue weighted by atomic mass is 16.5. The Morgan fingerprint density at radius 3 is 2.83 bits per heavy atom. The van der Waals surface area contributed by atoms with Crippen LogP contribution in [0.5, 0.6) is 0 Å². The first-order valence-corrected chi connectivity index (χ1v) is 7.83. The van der Waals surface area contributed by atoms with Crippen molar-refractivity contribution in [2.24, 2.45) is 0 Å². The van der Waals surface area contributed by atoms with Crippen LogP contribution in [0.1, 0.15) is 18.2 Å². The molecule has 23 heavy (non-hydrogen) atoms. The second kappa shape index (κ2) is 7.10. The van der Waals surface area contributed by atoms with Crippen molar-refractivity contribution in [3.63, 3.8) is 0 Å². The quantitative estimate of drug-likeness (QED) is 0.758. The Hall–Kier alpha value is -1.93. The van der Waals surface area contributed by atoms with Gasteiger partial charge < -0.3 is 19.3 Å². The molecule has 8 nitrogen and oxygen atoms in total. The van der Waals surface area contributed by atoms with Gasteiger partial charge in [0.05, 0.1) is 37.9 Å². The van der Waals surface area contributed by atoms with E-state index in [-0.39, 0.29) is 24.5 Å². The standard InChI is InChI=1S/C15H22N4O4/c1-22-11-15(21)18-9-12-2-3-16-19(12)13(10-18)8-14(20)17-4-6-23-7-5-17/h2-3,13H,4-11H2,1H3. The fourth-order valence-electron chi connectivity index (χ4n) is 3.09. The van der Waals surface area contributed by atoms with Crippen molar-refractivity contribution < 1.29 is 19.1 Å². The monoisotopic (exact) mass is 322 g/mol. The van der Waals surface area contributed by atoms with Crippen LogP contribution in [0, 0.1) is 0 Å². The van der Waals surface area contributed by atoms with Gasteiger partial charge in [-0.3, -0.25) is 14.3 Å². The number of nitrogens with zero attached hydrogens (tertiary/aromatic N) is 4. The minimum absolute atomic E-state index is 0.0538. The molecule has 0 aliphatic carbocycles. The number of ether oxygens (including phenoxy) is 2. The van der Waals surface area contributed by atoms with Crippen LogP contribution in [-0.4, -0.2) is 78.0 Å². The van der Waals surface area contributed by atoms with E-state index < -0.39 is 0 Å². The number of amides is 2. The topological polar surface area (TPSA) is 76.9 Å². The lowest BCUT2D eigenvalue weighted by atomic mass is 10.1. The van der Waals surface area contributed by atoms with Gasteiger partial charge in [-0.2, -0.15) is 5.10 Å². The first-order valence-electron chi connectivity index (χ1n) is 7.83. The Morgan fingerprint density at radius 2 is 2.09 bits per heavy atom. The Labute approximate surface area is 134 Å². The van der Waals surface area contributed by atoms with Gasteiger partial charge in [-0.05, 0) is 6.07 Å². The third-order valence-electron chi connectivity index (χ3n) is 4.28. The summed E-state index contributed by atoms with van der Waals surface area (Å²) in [6.07, 6.45) is 2.05. The lowest BCUT2D eigenvalue weighted by Gasteiger charge is -2.35. The van der Waals surface area contributed by atoms with E-state index in [1.54, 1.807) is 11.1 Å². The third kappa shape index (κ3) is 3.53. The fraction of sp³-hybridized carbons (Fsp3) is 0.667. The second-order valence-electron chi connectivity index (χ2n) is 5.83. The second-order valence-corrected chi connectivity index (χ2v) is 5.83. The first-order chi connectivity index (χ1) is 11.2. The number of hydrogen-bond donors (Lipinski definition) is 0. The molecule has 1 aromatic rings. The molecule has 1 fully saturated rings. The number of carbonyl (C=O) groups excluding carboxylic acids is 2. The predicted molar refractivity (Wildman–Crippen MR) is 80.6 cm³/mol. The van der Waals surface area contributed by atoms with Crippen LogP contribution in [0.25, 0.3) is 0 Å². The van der Waals surface area contributed by atoms with Gasteiger partial charge in [0.2, 0.25) is 11.8 Å². The van der Waals surface area contributed by atoms with Crippen LogP contribution in [0.3, 0.4) is 0 Å². The van der Waals surface area contributed by atoms with E-state index >= 15 is 0 Å². The molecule has 1 unspecified atom stereocenters. The summed E-state index contributed by atoms with van der Waals surface area (Å²) in [5.41, 5.74) is 0.945. The number of morpholine rings is 1. The van der Waals surface area contributed by atoms with Gasteiger partial charge in [0, 0.05) is 32.9 Å². The molecule has 0 radical (unpaired) electrons. The molecule has 0 N–H and O–H groups in total. The zero-order valence-corrected chi connectivity index (χ0v) is 13.3. The van der Waals surface area contributed by atoms with Crippen LogP contribution >= 0.6 is 0 Å². The molecule has 126 valence electrons. The summed E-state index contributed by atoms with van der Waals surface area (Å²) in [6, 6.07) is 1.75. The molecule has 1 aromatic heterocycles. The van der Waals surface area contributed by atoms with Gasteiger partial charge in [-0.1, -0.05) is 0 Å². The molecule has 1 saturated heterocycles. The van der Waals surface area contributed by atoms with E-state index in [4.69, 9.17) is 9.47 Å². The van der Waals surface area contributed by atoms with Crippen molar-refractivity contribution in [1.82, 2.24) is 19.6 Å². The zero-order chi connectivity index (χ0) is 16.2. The van der Waals surface area contributed by atoms with Gasteiger partial charge in [0.15, 0.2) is 0 Å². The van der Waals surface area contributed by atoms with Crippen LogP contribution < -0.4 is 0 Å². The van der Waals surface area contributed by atoms with Crippen LogP contribution in [0.4, 0.5) is 0 Å². The molecule has 3 heterocycles. The molecule has 8 heteroatoms. The maximum atomic E-state index is 12.5. The van der Waals surface area contributed by atoms with Crippen molar-refractivity contribution in [3.8, 4) is 0 Å². The van der Waals surface area contributed by atoms with Gasteiger partial charge in [-0.25, -0.2) is 0 Å². The maximum absolute atomic E-state index is 12.5. The number of aromatic nitrogens is 2. The van der Waals surface area contributed by atoms with Crippen LogP contribution in [-0.2, 0) is 25.6 Å². The number of hydrogen-bond acceptors (Lipinski definition) is 5. The van der Waals surface area contributed by atoms with Crippen molar-refractivity contribution >= 4 is 11.8 Å². The van der Waals surface area contributed by atoms with E-state index in [0.717, 1.165) is 5.69 Å². The summed E-state index contributed by atoms with van der Waals surface area (Å²) in [5, 5.41) is 4.33. The summed E-state index contributed by atoms with van der Waals surface area (Å²) >= 11 is 0. The molecular weight excluding hydrogens is 300 g/mol. The number of carbonyl (C=O) groups is 2. The zero-order valence-electron chi connectivity index (χ0n) is 13.3. The smallest absolute Gasteiger partial charge is 0.248 e. The van der Waals surface area contributed by atoms with Crippen LogP contribution in [0.2, 0.25) is 0 Å².